The Morgan fingerprint density at radius 2 is 2.11 bits per heavy atom. The minimum absolute atomic E-state index is 0.139. The summed E-state index contributed by atoms with van der Waals surface area (Å²) < 4.78 is 7.09. The van der Waals surface area contributed by atoms with E-state index in [1.807, 2.05) is 0 Å². The molecule has 1 N–H and O–H groups in total. The van der Waals surface area contributed by atoms with Crippen LogP contribution in [0, 0.1) is 0 Å². The van der Waals surface area contributed by atoms with Gasteiger partial charge in [0.05, 0.1) is 9.39 Å². The van der Waals surface area contributed by atoms with E-state index < -0.39 is 0 Å². The number of ether oxygens (including phenoxy) is 1. The van der Waals surface area contributed by atoms with Crippen molar-refractivity contribution in [2.24, 2.45) is 0 Å². The fourth-order valence-corrected chi connectivity index (χ4v) is 3.55. The fraction of sp³-hybridized carbons (Fsp3) is 0.714. The van der Waals surface area contributed by atoms with Crippen LogP contribution in [0.3, 0.4) is 0 Å². The minimum atomic E-state index is -0.139. The predicted octanol–water partition coefficient (Wildman–Crippen LogP) is 4.24. The smallest absolute Gasteiger partial charge is 0.0782 e. The number of nitrogens with one attached hydrogen (secondary N) is 1. The van der Waals surface area contributed by atoms with Crippen LogP contribution < -0.4 is 5.32 Å². The van der Waals surface area contributed by atoms with Gasteiger partial charge in [-0.25, -0.2) is 0 Å². The second kappa shape index (κ2) is 7.63. The van der Waals surface area contributed by atoms with E-state index in [2.05, 4.69) is 61.1 Å². The molecule has 1 unspecified atom stereocenters. The average Bonchev–Trinajstić information content (AvgIpc) is 2.70. The highest BCUT2D eigenvalue weighted by Gasteiger charge is 2.29. The van der Waals surface area contributed by atoms with Gasteiger partial charge in [-0.2, -0.15) is 0 Å². The molecular formula is C14H24BrNOS. The lowest BCUT2D eigenvalue weighted by Gasteiger charge is -2.35. The summed E-state index contributed by atoms with van der Waals surface area (Å²) in [5, 5.41) is 3.62. The van der Waals surface area contributed by atoms with Crippen molar-refractivity contribution >= 4 is 27.3 Å². The lowest BCUT2D eigenvalue weighted by atomic mass is 9.94. The van der Waals surface area contributed by atoms with Crippen LogP contribution in [0.25, 0.3) is 0 Å². The van der Waals surface area contributed by atoms with Crippen molar-refractivity contribution in [2.45, 2.75) is 52.2 Å². The topological polar surface area (TPSA) is 21.3 Å². The van der Waals surface area contributed by atoms with Crippen LogP contribution in [0.2, 0.25) is 0 Å². The molecule has 2 nitrogen and oxygen atoms in total. The third-order valence-electron chi connectivity index (χ3n) is 3.03. The van der Waals surface area contributed by atoms with Crippen LogP contribution in [-0.2, 0) is 11.2 Å². The van der Waals surface area contributed by atoms with Crippen LogP contribution in [0.1, 0.15) is 39.0 Å². The third-order valence-corrected chi connectivity index (χ3v) is 4.68. The van der Waals surface area contributed by atoms with E-state index in [1.165, 1.54) is 8.66 Å². The van der Waals surface area contributed by atoms with E-state index in [-0.39, 0.29) is 5.60 Å². The van der Waals surface area contributed by atoms with Crippen molar-refractivity contribution in [1.82, 2.24) is 5.32 Å². The molecule has 4 heteroatoms. The molecule has 0 aliphatic rings. The molecule has 18 heavy (non-hydrogen) atoms. The van der Waals surface area contributed by atoms with Crippen LogP contribution in [0.5, 0.6) is 0 Å². The largest absolute Gasteiger partial charge is 0.374 e. The molecule has 1 heterocycles. The number of thiophene rings is 1. The van der Waals surface area contributed by atoms with E-state index in [1.54, 1.807) is 11.3 Å². The summed E-state index contributed by atoms with van der Waals surface area (Å²) in [6.45, 7) is 10.4. The summed E-state index contributed by atoms with van der Waals surface area (Å²) in [4.78, 5) is 1.39. The zero-order valence-corrected chi connectivity index (χ0v) is 14.2. The van der Waals surface area contributed by atoms with Gasteiger partial charge in [-0.3, -0.25) is 0 Å². The molecule has 0 amide bonds. The number of hydrogen-bond acceptors (Lipinski definition) is 3. The van der Waals surface area contributed by atoms with Gasteiger partial charge in [0, 0.05) is 17.5 Å². The van der Waals surface area contributed by atoms with Crippen LogP contribution in [-0.4, -0.2) is 24.8 Å². The zero-order valence-electron chi connectivity index (χ0n) is 11.8. The van der Waals surface area contributed by atoms with Gasteiger partial charge >= 0.3 is 0 Å². The Bertz CT molecular complexity index is 351. The van der Waals surface area contributed by atoms with Gasteiger partial charge in [-0.1, -0.05) is 6.92 Å². The summed E-state index contributed by atoms with van der Waals surface area (Å²) >= 11 is 5.33. The van der Waals surface area contributed by atoms with Crippen molar-refractivity contribution in [2.75, 3.05) is 13.2 Å². The molecule has 0 bridgehead atoms. The number of halogens is 1. The van der Waals surface area contributed by atoms with E-state index >= 15 is 0 Å². The van der Waals surface area contributed by atoms with Crippen molar-refractivity contribution in [3.8, 4) is 0 Å². The number of hydrogen-bond donors (Lipinski definition) is 1. The molecule has 0 radical (unpaired) electrons. The Balaban J connectivity index is 2.71. The van der Waals surface area contributed by atoms with E-state index in [0.717, 1.165) is 26.0 Å². The highest BCUT2D eigenvalue weighted by molar-refractivity contribution is 9.11. The predicted molar refractivity (Wildman–Crippen MR) is 83.5 cm³/mol. The van der Waals surface area contributed by atoms with Gasteiger partial charge in [-0.05, 0) is 68.2 Å². The lowest BCUT2D eigenvalue weighted by molar-refractivity contribution is -0.0378. The maximum atomic E-state index is 5.90. The normalized spacial score (nSPS) is 13.8. The fourth-order valence-electron chi connectivity index (χ4n) is 2.02. The molecule has 0 fully saturated rings. The summed E-state index contributed by atoms with van der Waals surface area (Å²) in [5.74, 6) is 0. The molecule has 1 atom stereocenters. The summed E-state index contributed by atoms with van der Waals surface area (Å²) in [6.07, 6.45) is 2.16. The quantitative estimate of drug-likeness (QED) is 0.768. The van der Waals surface area contributed by atoms with Gasteiger partial charge in [-0.15, -0.1) is 11.3 Å². The maximum absolute atomic E-state index is 5.90. The first-order valence-electron chi connectivity index (χ1n) is 6.61. The first kappa shape index (κ1) is 16.2. The molecule has 0 aromatic carbocycles. The molecule has 104 valence electrons. The monoisotopic (exact) mass is 333 g/mol. The highest BCUT2D eigenvalue weighted by atomic mass is 79.9. The molecular weight excluding hydrogens is 310 g/mol. The standard InChI is InChI=1S/C14H24BrNOS/c1-5-9-16-12(14(3,4)17-6-2)10-11-7-8-13(15)18-11/h7-8,12,16H,5-6,9-10H2,1-4H3. The molecule has 1 aromatic heterocycles. The maximum Gasteiger partial charge on any atom is 0.0782 e. The van der Waals surface area contributed by atoms with Gasteiger partial charge in [0.1, 0.15) is 0 Å². The average molecular weight is 334 g/mol. The Hall–Kier alpha value is 0.1000. The first-order chi connectivity index (χ1) is 8.49. The Labute approximate surface area is 123 Å². The summed E-state index contributed by atoms with van der Waals surface area (Å²) in [7, 11) is 0. The zero-order chi connectivity index (χ0) is 13.6. The van der Waals surface area contributed by atoms with Gasteiger partial charge in [0.2, 0.25) is 0 Å². The minimum Gasteiger partial charge on any atom is -0.374 e. The Morgan fingerprint density at radius 1 is 1.39 bits per heavy atom. The second-order valence-electron chi connectivity index (χ2n) is 4.95. The van der Waals surface area contributed by atoms with Crippen molar-refractivity contribution in [1.29, 1.82) is 0 Å². The third kappa shape index (κ3) is 5.00. The molecule has 1 aromatic rings. The molecule has 0 aliphatic carbocycles. The molecule has 0 saturated carbocycles. The first-order valence-corrected chi connectivity index (χ1v) is 8.22. The SMILES string of the molecule is CCCNC(Cc1ccc(Br)s1)C(C)(C)OCC. The van der Waals surface area contributed by atoms with Crippen LogP contribution in [0.4, 0.5) is 0 Å². The van der Waals surface area contributed by atoms with Gasteiger partial charge < -0.3 is 10.1 Å². The van der Waals surface area contributed by atoms with E-state index in [9.17, 15) is 0 Å². The second-order valence-corrected chi connectivity index (χ2v) is 7.50. The summed E-state index contributed by atoms with van der Waals surface area (Å²) in [6, 6.07) is 4.66. The number of rotatable bonds is 8. The van der Waals surface area contributed by atoms with E-state index in [0.29, 0.717) is 6.04 Å². The van der Waals surface area contributed by atoms with Crippen molar-refractivity contribution < 1.29 is 4.74 Å². The Morgan fingerprint density at radius 3 is 2.61 bits per heavy atom. The molecule has 1 rings (SSSR count). The molecule has 0 saturated heterocycles. The lowest BCUT2D eigenvalue weighted by Crippen LogP contribution is -2.50. The molecule has 0 spiro atoms. The van der Waals surface area contributed by atoms with Gasteiger partial charge in [0.25, 0.3) is 0 Å². The van der Waals surface area contributed by atoms with Crippen molar-refractivity contribution in [3.63, 3.8) is 0 Å². The van der Waals surface area contributed by atoms with Crippen LogP contribution in [0.15, 0.2) is 15.9 Å². The Kier molecular flexibility index (Phi) is 6.85. The van der Waals surface area contributed by atoms with E-state index in [4.69, 9.17) is 4.74 Å². The van der Waals surface area contributed by atoms with Crippen LogP contribution >= 0.6 is 27.3 Å². The van der Waals surface area contributed by atoms with Gasteiger partial charge in [0.15, 0.2) is 0 Å². The summed E-state index contributed by atoms with van der Waals surface area (Å²) in [5.41, 5.74) is -0.139. The molecule has 0 aliphatic heterocycles. The van der Waals surface area contributed by atoms with Crippen molar-refractivity contribution in [3.05, 3.63) is 20.8 Å². The highest BCUT2D eigenvalue weighted by Crippen LogP contribution is 2.26.